The van der Waals surface area contributed by atoms with Crippen LogP contribution in [0, 0.1) is 5.92 Å². The van der Waals surface area contributed by atoms with Crippen molar-refractivity contribution in [3.05, 3.63) is 16.1 Å². The number of hydrogen-bond donors (Lipinski definition) is 1. The van der Waals surface area contributed by atoms with E-state index >= 15 is 0 Å². The van der Waals surface area contributed by atoms with Gasteiger partial charge in [-0.25, -0.2) is 4.98 Å². The van der Waals surface area contributed by atoms with Crippen molar-refractivity contribution in [3.8, 4) is 0 Å². The molecule has 2 rings (SSSR count). The molecule has 0 aliphatic heterocycles. The van der Waals surface area contributed by atoms with Crippen LogP contribution in [0.4, 0.5) is 0 Å². The Kier molecular flexibility index (Phi) is 4.42. The number of carboxylic acids is 1. The highest BCUT2D eigenvalue weighted by molar-refractivity contribution is 7.09. The van der Waals surface area contributed by atoms with Gasteiger partial charge in [0, 0.05) is 23.9 Å². The molecule has 1 heterocycles. The molecule has 0 radical (unpaired) electrons. The summed E-state index contributed by atoms with van der Waals surface area (Å²) in [7, 11) is 0. The van der Waals surface area contributed by atoms with E-state index in [1.54, 1.807) is 17.2 Å². The molecule has 0 bridgehead atoms. The summed E-state index contributed by atoms with van der Waals surface area (Å²) in [5.74, 6) is -1.26. The number of thiazole rings is 1. The molecule has 1 saturated carbocycles. The van der Waals surface area contributed by atoms with E-state index in [9.17, 15) is 9.59 Å². The lowest BCUT2D eigenvalue weighted by Crippen LogP contribution is -2.38. The Morgan fingerprint density at radius 3 is 2.55 bits per heavy atom. The highest BCUT2D eigenvalue weighted by Crippen LogP contribution is 2.30. The number of carbonyl (C=O) groups excluding carboxylic acids is 1. The van der Waals surface area contributed by atoms with Gasteiger partial charge in [0.1, 0.15) is 5.69 Å². The first-order valence-corrected chi connectivity index (χ1v) is 7.77. The zero-order valence-electron chi connectivity index (χ0n) is 12.0. The summed E-state index contributed by atoms with van der Waals surface area (Å²) in [5.41, 5.74) is 0.447. The van der Waals surface area contributed by atoms with E-state index in [1.165, 1.54) is 11.3 Å². The van der Waals surface area contributed by atoms with Crippen molar-refractivity contribution in [1.82, 2.24) is 9.88 Å². The van der Waals surface area contributed by atoms with E-state index in [0.29, 0.717) is 11.6 Å². The molecule has 1 N–H and O–H groups in total. The van der Waals surface area contributed by atoms with Crippen LogP contribution in [-0.4, -0.2) is 39.5 Å². The minimum absolute atomic E-state index is 0.135. The highest BCUT2D eigenvalue weighted by Gasteiger charge is 2.35. The van der Waals surface area contributed by atoms with Gasteiger partial charge in [0.05, 0.1) is 10.9 Å². The summed E-state index contributed by atoms with van der Waals surface area (Å²) in [4.78, 5) is 29.5. The predicted octanol–water partition coefficient (Wildman–Crippen LogP) is 2.59. The topological polar surface area (TPSA) is 70.5 Å². The van der Waals surface area contributed by atoms with Crippen LogP contribution in [0.5, 0.6) is 0 Å². The van der Waals surface area contributed by atoms with Gasteiger partial charge in [-0.3, -0.25) is 9.59 Å². The van der Waals surface area contributed by atoms with Crippen molar-refractivity contribution in [2.45, 2.75) is 45.6 Å². The lowest BCUT2D eigenvalue weighted by Gasteiger charge is -2.23. The summed E-state index contributed by atoms with van der Waals surface area (Å²) in [5, 5.41) is 11.7. The molecule has 1 aliphatic carbocycles. The molecule has 0 spiro atoms. The van der Waals surface area contributed by atoms with E-state index in [4.69, 9.17) is 5.11 Å². The van der Waals surface area contributed by atoms with Crippen molar-refractivity contribution >= 4 is 23.2 Å². The van der Waals surface area contributed by atoms with Gasteiger partial charge in [-0.1, -0.05) is 20.8 Å². The number of hydrogen-bond acceptors (Lipinski definition) is 4. The monoisotopic (exact) mass is 296 g/mol. The normalized spacial score (nSPS) is 16.2. The molecule has 1 aromatic rings. The van der Waals surface area contributed by atoms with Crippen LogP contribution >= 0.6 is 11.3 Å². The molecule has 5 nitrogen and oxygen atoms in total. The summed E-state index contributed by atoms with van der Waals surface area (Å²) in [6, 6.07) is 0.188. The van der Waals surface area contributed by atoms with Gasteiger partial charge in [-0.05, 0) is 12.8 Å². The number of aromatic nitrogens is 1. The molecular weight excluding hydrogens is 276 g/mol. The number of carbonyl (C=O) groups is 2. The van der Waals surface area contributed by atoms with Crippen LogP contribution in [0.25, 0.3) is 0 Å². The third-order valence-corrected chi connectivity index (χ3v) is 4.52. The summed E-state index contributed by atoms with van der Waals surface area (Å²) in [6.45, 7) is 5.97. The van der Waals surface area contributed by atoms with Crippen LogP contribution < -0.4 is 0 Å². The zero-order chi connectivity index (χ0) is 14.9. The Bertz CT molecular complexity index is 508. The van der Waals surface area contributed by atoms with Crippen molar-refractivity contribution in [2.75, 3.05) is 6.54 Å². The van der Waals surface area contributed by atoms with Gasteiger partial charge < -0.3 is 10.0 Å². The molecule has 20 heavy (non-hydrogen) atoms. The molecule has 0 saturated heterocycles. The Labute approximate surface area is 122 Å². The predicted molar refractivity (Wildman–Crippen MR) is 77.1 cm³/mol. The molecule has 1 amide bonds. The van der Waals surface area contributed by atoms with Crippen molar-refractivity contribution in [2.24, 2.45) is 5.92 Å². The Balaban J connectivity index is 2.12. The second kappa shape index (κ2) is 5.91. The average Bonchev–Trinajstić information content (AvgIpc) is 3.10. The fourth-order valence-corrected chi connectivity index (χ4v) is 2.76. The van der Waals surface area contributed by atoms with E-state index in [-0.39, 0.29) is 18.5 Å². The average molecular weight is 296 g/mol. The first-order valence-electron chi connectivity index (χ1n) is 6.89. The van der Waals surface area contributed by atoms with Gasteiger partial charge >= 0.3 is 5.97 Å². The number of aliphatic carboxylic acids is 1. The van der Waals surface area contributed by atoms with Crippen molar-refractivity contribution in [1.29, 1.82) is 0 Å². The molecule has 1 unspecified atom stereocenters. The number of amides is 1. The standard InChI is InChI=1S/C14H20N2O3S/c1-8(2)12-15-11(7-20-12)13(17)16(10-4-5-10)6-9(3)14(18)19/h7-10H,4-6H2,1-3H3,(H,18,19). The second-order valence-electron chi connectivity index (χ2n) is 5.65. The van der Waals surface area contributed by atoms with Crippen LogP contribution in [0.2, 0.25) is 0 Å². The van der Waals surface area contributed by atoms with Crippen LogP contribution in [0.15, 0.2) is 5.38 Å². The Morgan fingerprint density at radius 1 is 1.45 bits per heavy atom. The van der Waals surface area contributed by atoms with Crippen LogP contribution in [-0.2, 0) is 4.79 Å². The summed E-state index contributed by atoms with van der Waals surface area (Å²) >= 11 is 1.49. The minimum Gasteiger partial charge on any atom is -0.481 e. The quantitative estimate of drug-likeness (QED) is 0.876. The maximum Gasteiger partial charge on any atom is 0.308 e. The number of carboxylic acid groups (broad SMARTS) is 1. The lowest BCUT2D eigenvalue weighted by atomic mass is 10.1. The summed E-state index contributed by atoms with van der Waals surface area (Å²) < 4.78 is 0. The third-order valence-electron chi connectivity index (χ3n) is 3.38. The lowest BCUT2D eigenvalue weighted by molar-refractivity contribution is -0.141. The van der Waals surface area contributed by atoms with Crippen molar-refractivity contribution in [3.63, 3.8) is 0 Å². The van der Waals surface area contributed by atoms with E-state index in [1.807, 2.05) is 13.8 Å². The first-order chi connectivity index (χ1) is 9.40. The fourth-order valence-electron chi connectivity index (χ4n) is 1.96. The van der Waals surface area contributed by atoms with Crippen molar-refractivity contribution < 1.29 is 14.7 Å². The number of nitrogens with zero attached hydrogens (tertiary/aromatic N) is 2. The molecule has 1 fully saturated rings. The molecule has 0 aromatic carbocycles. The largest absolute Gasteiger partial charge is 0.481 e. The van der Waals surface area contributed by atoms with Crippen LogP contribution in [0.1, 0.15) is 55.0 Å². The zero-order valence-corrected chi connectivity index (χ0v) is 12.8. The van der Waals surface area contributed by atoms with Gasteiger partial charge in [0.15, 0.2) is 0 Å². The minimum atomic E-state index is -0.871. The van der Waals surface area contributed by atoms with Gasteiger partial charge in [-0.2, -0.15) is 0 Å². The summed E-state index contributed by atoms with van der Waals surface area (Å²) in [6.07, 6.45) is 1.92. The Morgan fingerprint density at radius 2 is 2.10 bits per heavy atom. The number of rotatable bonds is 6. The third kappa shape index (κ3) is 3.36. The highest BCUT2D eigenvalue weighted by atomic mass is 32.1. The maximum atomic E-state index is 12.5. The molecule has 1 atom stereocenters. The molecule has 1 aromatic heterocycles. The Hall–Kier alpha value is -1.43. The van der Waals surface area contributed by atoms with Crippen LogP contribution in [0.3, 0.4) is 0 Å². The molecular formula is C14H20N2O3S. The van der Waals surface area contributed by atoms with Gasteiger partial charge in [0.25, 0.3) is 5.91 Å². The second-order valence-corrected chi connectivity index (χ2v) is 6.54. The van der Waals surface area contributed by atoms with E-state index < -0.39 is 11.9 Å². The molecule has 1 aliphatic rings. The van der Waals surface area contributed by atoms with Gasteiger partial charge in [-0.15, -0.1) is 11.3 Å². The fraction of sp³-hybridized carbons (Fsp3) is 0.643. The smallest absolute Gasteiger partial charge is 0.308 e. The molecule has 110 valence electrons. The maximum absolute atomic E-state index is 12.5. The molecule has 6 heteroatoms. The SMILES string of the molecule is CC(CN(C(=O)c1csc(C(C)C)n1)C1CC1)C(=O)O. The first kappa shape index (κ1) is 15.0. The van der Waals surface area contributed by atoms with Gasteiger partial charge in [0.2, 0.25) is 0 Å². The van der Waals surface area contributed by atoms with E-state index in [0.717, 1.165) is 17.8 Å². The van der Waals surface area contributed by atoms with E-state index in [2.05, 4.69) is 4.98 Å².